The van der Waals surface area contributed by atoms with Gasteiger partial charge in [-0.15, -0.1) is 0 Å². The number of hydrogen-bond acceptors (Lipinski definition) is 3. The predicted octanol–water partition coefficient (Wildman–Crippen LogP) is 1.85. The summed E-state index contributed by atoms with van der Waals surface area (Å²) in [6, 6.07) is 10.3. The van der Waals surface area contributed by atoms with E-state index in [9.17, 15) is 4.79 Å². The Labute approximate surface area is 133 Å². The van der Waals surface area contributed by atoms with Gasteiger partial charge < -0.3 is 10.6 Å². The highest BCUT2D eigenvalue weighted by molar-refractivity contribution is 5.81. The molecule has 1 unspecified atom stereocenters. The van der Waals surface area contributed by atoms with Gasteiger partial charge in [-0.2, -0.15) is 0 Å². The molecule has 0 bridgehead atoms. The van der Waals surface area contributed by atoms with Crippen LogP contribution in [0.4, 0.5) is 0 Å². The van der Waals surface area contributed by atoms with E-state index in [-0.39, 0.29) is 11.9 Å². The number of hydrogen-bond donors (Lipinski definition) is 1. The molecular formula is C18H27N3O. The highest BCUT2D eigenvalue weighted by atomic mass is 16.2. The Hall–Kier alpha value is -1.39. The number of carbonyl (C=O) groups is 1. The van der Waals surface area contributed by atoms with Crippen molar-refractivity contribution in [1.29, 1.82) is 0 Å². The lowest BCUT2D eigenvalue weighted by molar-refractivity contribution is -0.134. The van der Waals surface area contributed by atoms with Crippen LogP contribution in [-0.2, 0) is 11.3 Å². The molecule has 2 fully saturated rings. The van der Waals surface area contributed by atoms with Crippen LogP contribution >= 0.6 is 0 Å². The van der Waals surface area contributed by atoms with E-state index in [0.717, 1.165) is 32.5 Å². The lowest BCUT2D eigenvalue weighted by Crippen LogP contribution is -2.49. The van der Waals surface area contributed by atoms with Gasteiger partial charge in [0.25, 0.3) is 0 Å². The highest BCUT2D eigenvalue weighted by Crippen LogP contribution is 2.40. The predicted molar refractivity (Wildman–Crippen MR) is 88.2 cm³/mol. The zero-order valence-electron chi connectivity index (χ0n) is 13.5. The fourth-order valence-corrected chi connectivity index (χ4v) is 3.90. The number of nitrogens with two attached hydrogens (primary N) is 1. The summed E-state index contributed by atoms with van der Waals surface area (Å²) in [7, 11) is 0. The summed E-state index contributed by atoms with van der Waals surface area (Å²) in [5.41, 5.74) is 7.53. The molecule has 2 aliphatic rings. The first-order chi connectivity index (χ1) is 10.6. The van der Waals surface area contributed by atoms with Crippen LogP contribution in [0.15, 0.2) is 30.3 Å². The van der Waals surface area contributed by atoms with Gasteiger partial charge in [-0.1, -0.05) is 30.3 Å². The third kappa shape index (κ3) is 3.33. The van der Waals surface area contributed by atoms with Crippen LogP contribution < -0.4 is 5.73 Å². The zero-order valence-corrected chi connectivity index (χ0v) is 13.5. The quantitative estimate of drug-likeness (QED) is 0.927. The van der Waals surface area contributed by atoms with Crippen molar-refractivity contribution in [2.45, 2.75) is 38.8 Å². The van der Waals surface area contributed by atoms with Crippen molar-refractivity contribution < 1.29 is 4.79 Å². The number of nitrogens with zero attached hydrogens (tertiary/aromatic N) is 2. The highest BCUT2D eigenvalue weighted by Gasteiger charge is 2.41. The van der Waals surface area contributed by atoms with Gasteiger partial charge in [-0.25, -0.2) is 0 Å². The minimum absolute atomic E-state index is 0.106. The maximum absolute atomic E-state index is 12.0. The van der Waals surface area contributed by atoms with Gasteiger partial charge >= 0.3 is 0 Å². The van der Waals surface area contributed by atoms with E-state index in [1.807, 2.05) is 4.90 Å². The van der Waals surface area contributed by atoms with E-state index in [1.165, 1.54) is 25.1 Å². The van der Waals surface area contributed by atoms with E-state index < -0.39 is 0 Å². The fraction of sp³-hybridized carbons (Fsp3) is 0.611. The first kappa shape index (κ1) is 15.5. The molecule has 0 aliphatic carbocycles. The average molecular weight is 301 g/mol. The monoisotopic (exact) mass is 301 g/mol. The molecule has 0 radical (unpaired) electrons. The number of likely N-dealkylation sites (tertiary alicyclic amines) is 2. The SMILES string of the molecule is CC(N)C(=O)N1CCC2(CCN(Cc3ccccc3)C2)CC1. The standard InChI is InChI=1S/C18H27N3O/c1-15(19)17(22)21-11-8-18(9-12-21)7-10-20(14-18)13-16-5-3-2-4-6-16/h2-6,15H,7-14,19H2,1H3. The molecule has 2 N–H and O–H groups in total. The van der Waals surface area contributed by atoms with Crippen LogP contribution in [0.2, 0.25) is 0 Å². The van der Waals surface area contributed by atoms with Crippen LogP contribution in [0.25, 0.3) is 0 Å². The number of rotatable bonds is 3. The summed E-state index contributed by atoms with van der Waals surface area (Å²) in [4.78, 5) is 16.5. The smallest absolute Gasteiger partial charge is 0.239 e. The molecule has 2 aliphatic heterocycles. The fourth-order valence-electron chi connectivity index (χ4n) is 3.90. The second-order valence-corrected chi connectivity index (χ2v) is 7.06. The Bertz CT molecular complexity index is 506. The molecule has 2 heterocycles. The normalized spacial score (nSPS) is 22.9. The maximum Gasteiger partial charge on any atom is 0.239 e. The van der Waals surface area contributed by atoms with E-state index in [1.54, 1.807) is 6.92 Å². The molecule has 4 nitrogen and oxygen atoms in total. The van der Waals surface area contributed by atoms with E-state index in [2.05, 4.69) is 35.2 Å². The van der Waals surface area contributed by atoms with Crippen LogP contribution in [0.3, 0.4) is 0 Å². The summed E-state index contributed by atoms with van der Waals surface area (Å²) < 4.78 is 0. The molecule has 3 rings (SSSR count). The number of amides is 1. The summed E-state index contributed by atoms with van der Waals surface area (Å²) >= 11 is 0. The first-order valence-electron chi connectivity index (χ1n) is 8.39. The lowest BCUT2D eigenvalue weighted by Gasteiger charge is -2.40. The summed E-state index contributed by atoms with van der Waals surface area (Å²) in [6.45, 7) is 6.92. The Balaban J connectivity index is 1.53. The molecule has 1 spiro atoms. The van der Waals surface area contributed by atoms with Crippen LogP contribution in [0, 0.1) is 5.41 Å². The zero-order chi connectivity index (χ0) is 15.6. The molecule has 1 aromatic carbocycles. The number of benzene rings is 1. The van der Waals surface area contributed by atoms with Crippen molar-refractivity contribution in [3.05, 3.63) is 35.9 Å². The molecule has 0 aromatic heterocycles. The molecular weight excluding hydrogens is 274 g/mol. The largest absolute Gasteiger partial charge is 0.341 e. The first-order valence-corrected chi connectivity index (χ1v) is 8.39. The minimum Gasteiger partial charge on any atom is -0.341 e. The van der Waals surface area contributed by atoms with Gasteiger partial charge in [-0.05, 0) is 43.7 Å². The van der Waals surface area contributed by atoms with Gasteiger partial charge in [0.2, 0.25) is 5.91 Å². The van der Waals surface area contributed by atoms with E-state index >= 15 is 0 Å². The van der Waals surface area contributed by atoms with Gasteiger partial charge in [0, 0.05) is 26.2 Å². The Morgan fingerprint density at radius 3 is 2.45 bits per heavy atom. The topological polar surface area (TPSA) is 49.6 Å². The second-order valence-electron chi connectivity index (χ2n) is 7.06. The van der Waals surface area contributed by atoms with Gasteiger partial charge in [0.05, 0.1) is 6.04 Å². The summed E-state index contributed by atoms with van der Waals surface area (Å²) in [5.74, 6) is 0.106. The minimum atomic E-state index is -0.368. The Kier molecular flexibility index (Phi) is 4.50. The van der Waals surface area contributed by atoms with E-state index in [4.69, 9.17) is 5.73 Å². The average Bonchev–Trinajstić information content (AvgIpc) is 2.91. The molecule has 0 saturated carbocycles. The van der Waals surface area contributed by atoms with Gasteiger partial charge in [0.15, 0.2) is 0 Å². The van der Waals surface area contributed by atoms with Crippen molar-refractivity contribution in [2.75, 3.05) is 26.2 Å². The second kappa shape index (κ2) is 6.39. The maximum atomic E-state index is 12.0. The van der Waals surface area contributed by atoms with Crippen molar-refractivity contribution in [2.24, 2.45) is 11.1 Å². The Morgan fingerprint density at radius 1 is 1.18 bits per heavy atom. The number of piperidine rings is 1. The van der Waals surface area contributed by atoms with Gasteiger partial charge in [-0.3, -0.25) is 9.69 Å². The Morgan fingerprint density at radius 2 is 1.82 bits per heavy atom. The third-order valence-electron chi connectivity index (χ3n) is 5.29. The molecule has 22 heavy (non-hydrogen) atoms. The molecule has 1 atom stereocenters. The summed E-state index contributed by atoms with van der Waals surface area (Å²) in [5, 5.41) is 0. The van der Waals surface area contributed by atoms with Crippen molar-refractivity contribution >= 4 is 5.91 Å². The summed E-state index contributed by atoms with van der Waals surface area (Å²) in [6.07, 6.45) is 3.51. The molecule has 2 saturated heterocycles. The molecule has 4 heteroatoms. The third-order valence-corrected chi connectivity index (χ3v) is 5.29. The van der Waals surface area contributed by atoms with E-state index in [0.29, 0.717) is 5.41 Å². The van der Waals surface area contributed by atoms with Crippen LogP contribution in [0.5, 0.6) is 0 Å². The van der Waals surface area contributed by atoms with Crippen molar-refractivity contribution in [3.63, 3.8) is 0 Å². The lowest BCUT2D eigenvalue weighted by atomic mass is 9.77. The van der Waals surface area contributed by atoms with Gasteiger partial charge in [0.1, 0.15) is 0 Å². The molecule has 1 amide bonds. The van der Waals surface area contributed by atoms with Crippen LogP contribution in [0.1, 0.15) is 31.7 Å². The van der Waals surface area contributed by atoms with Crippen molar-refractivity contribution in [3.8, 4) is 0 Å². The van der Waals surface area contributed by atoms with Crippen LogP contribution in [-0.4, -0.2) is 47.9 Å². The number of carbonyl (C=O) groups excluding carboxylic acids is 1. The van der Waals surface area contributed by atoms with Crippen molar-refractivity contribution in [1.82, 2.24) is 9.80 Å². The molecule has 1 aromatic rings. The molecule has 120 valence electrons.